The molecule has 0 aliphatic carbocycles. The molecule has 1 saturated heterocycles. The molecular formula is C19H23ClN4O4. The summed E-state index contributed by atoms with van der Waals surface area (Å²) < 4.78 is 11.9. The molecule has 0 radical (unpaired) electrons. The number of amides is 1. The van der Waals surface area contributed by atoms with Crippen molar-refractivity contribution in [3.63, 3.8) is 0 Å². The maximum Gasteiger partial charge on any atom is 0.331 e. The van der Waals surface area contributed by atoms with E-state index in [-0.39, 0.29) is 12.3 Å². The number of ether oxygens (including phenoxy) is 2. The van der Waals surface area contributed by atoms with Gasteiger partial charge in [0.05, 0.1) is 13.5 Å². The Morgan fingerprint density at radius 2 is 1.96 bits per heavy atom. The van der Waals surface area contributed by atoms with E-state index < -0.39 is 11.5 Å². The van der Waals surface area contributed by atoms with Crippen LogP contribution in [0.25, 0.3) is 11.4 Å². The van der Waals surface area contributed by atoms with Gasteiger partial charge >= 0.3 is 5.97 Å². The lowest BCUT2D eigenvalue weighted by Gasteiger charge is -2.35. The number of carbonyl (C=O) groups excluding carboxylic acids is 2. The van der Waals surface area contributed by atoms with Crippen molar-refractivity contribution in [2.75, 3.05) is 20.3 Å². The second-order valence-electron chi connectivity index (χ2n) is 6.59. The molecule has 28 heavy (non-hydrogen) atoms. The van der Waals surface area contributed by atoms with Gasteiger partial charge in [0.2, 0.25) is 5.91 Å². The number of aromatic nitrogens is 3. The molecule has 0 spiro atoms. The number of hydrogen-bond acceptors (Lipinski definition) is 6. The first kappa shape index (κ1) is 20.3. The molecule has 1 aliphatic heterocycles. The van der Waals surface area contributed by atoms with E-state index in [0.717, 1.165) is 5.56 Å². The normalized spacial score (nSPS) is 15.8. The predicted molar refractivity (Wildman–Crippen MR) is 103 cm³/mol. The molecule has 150 valence electrons. The molecule has 0 bridgehead atoms. The fourth-order valence-electron chi connectivity index (χ4n) is 3.23. The standard InChI is InChI=1S/C19H23ClN4O4/c1-3-24-15(21-17(23-24)13-4-6-14(20)7-5-13)12-16(25)22-19(18(26)27-2)8-10-28-11-9-19/h4-7H,3,8-12H2,1-2H3,(H,22,25). The summed E-state index contributed by atoms with van der Waals surface area (Å²) in [6, 6.07) is 7.19. The van der Waals surface area contributed by atoms with Gasteiger partial charge in [0.15, 0.2) is 5.82 Å². The highest BCUT2D eigenvalue weighted by atomic mass is 35.5. The number of methoxy groups -OCH3 is 1. The number of nitrogens with one attached hydrogen (secondary N) is 1. The molecule has 9 heteroatoms. The van der Waals surface area contributed by atoms with Crippen molar-refractivity contribution in [3.8, 4) is 11.4 Å². The van der Waals surface area contributed by atoms with Crippen LogP contribution in [0.4, 0.5) is 0 Å². The number of halogens is 1. The molecule has 3 rings (SSSR count). The highest BCUT2D eigenvalue weighted by molar-refractivity contribution is 6.30. The van der Waals surface area contributed by atoms with E-state index in [9.17, 15) is 9.59 Å². The van der Waals surface area contributed by atoms with Gasteiger partial charge in [0, 0.05) is 43.2 Å². The molecule has 0 atom stereocenters. The highest BCUT2D eigenvalue weighted by Crippen LogP contribution is 2.23. The quantitative estimate of drug-likeness (QED) is 0.737. The van der Waals surface area contributed by atoms with Crippen LogP contribution in [0.1, 0.15) is 25.6 Å². The minimum absolute atomic E-state index is 0.00797. The van der Waals surface area contributed by atoms with Gasteiger partial charge in [-0.15, -0.1) is 0 Å². The summed E-state index contributed by atoms with van der Waals surface area (Å²) in [5.74, 6) is 0.284. The van der Waals surface area contributed by atoms with Gasteiger partial charge in [0.1, 0.15) is 11.4 Å². The van der Waals surface area contributed by atoms with E-state index in [2.05, 4.69) is 15.4 Å². The molecule has 1 aromatic heterocycles. The monoisotopic (exact) mass is 406 g/mol. The van der Waals surface area contributed by atoms with Crippen LogP contribution in [0.3, 0.4) is 0 Å². The van der Waals surface area contributed by atoms with Crippen molar-refractivity contribution in [2.45, 2.75) is 38.3 Å². The van der Waals surface area contributed by atoms with E-state index in [1.54, 1.807) is 16.8 Å². The second kappa shape index (κ2) is 8.70. The van der Waals surface area contributed by atoms with E-state index >= 15 is 0 Å². The average Bonchev–Trinajstić information content (AvgIpc) is 3.11. The Bertz CT molecular complexity index is 844. The second-order valence-corrected chi connectivity index (χ2v) is 7.02. The highest BCUT2D eigenvalue weighted by Gasteiger charge is 2.42. The van der Waals surface area contributed by atoms with E-state index in [1.807, 2.05) is 19.1 Å². The van der Waals surface area contributed by atoms with Crippen LogP contribution in [-0.4, -0.2) is 52.5 Å². The molecule has 1 N–H and O–H groups in total. The molecule has 1 amide bonds. The SMILES string of the molecule is CCn1nc(-c2ccc(Cl)cc2)nc1CC(=O)NC1(C(=O)OC)CCOCC1. The maximum atomic E-state index is 12.7. The summed E-state index contributed by atoms with van der Waals surface area (Å²) in [4.78, 5) is 29.5. The minimum atomic E-state index is -1.06. The van der Waals surface area contributed by atoms with Crippen LogP contribution in [-0.2, 0) is 32.0 Å². The summed E-state index contributed by atoms with van der Waals surface area (Å²) in [5, 5.41) is 7.94. The van der Waals surface area contributed by atoms with Crippen LogP contribution in [0.15, 0.2) is 24.3 Å². The zero-order chi connectivity index (χ0) is 20.1. The van der Waals surface area contributed by atoms with E-state index in [0.29, 0.717) is 49.3 Å². The number of hydrogen-bond donors (Lipinski definition) is 1. The van der Waals surface area contributed by atoms with Crippen LogP contribution < -0.4 is 5.32 Å². The number of rotatable bonds is 6. The summed E-state index contributed by atoms with van der Waals surface area (Å²) >= 11 is 5.93. The number of benzene rings is 1. The van der Waals surface area contributed by atoms with Gasteiger partial charge in [-0.2, -0.15) is 5.10 Å². The third kappa shape index (κ3) is 4.34. The van der Waals surface area contributed by atoms with E-state index in [4.69, 9.17) is 21.1 Å². The molecule has 1 aliphatic rings. The third-order valence-corrected chi connectivity index (χ3v) is 5.02. The molecule has 1 fully saturated rings. The van der Waals surface area contributed by atoms with Crippen LogP contribution >= 0.6 is 11.6 Å². The van der Waals surface area contributed by atoms with Crippen LogP contribution in [0, 0.1) is 0 Å². The van der Waals surface area contributed by atoms with Gasteiger partial charge < -0.3 is 14.8 Å². The Morgan fingerprint density at radius 3 is 2.57 bits per heavy atom. The smallest absolute Gasteiger partial charge is 0.331 e. The lowest BCUT2D eigenvalue weighted by atomic mass is 9.90. The lowest BCUT2D eigenvalue weighted by molar-refractivity contribution is -0.155. The Balaban J connectivity index is 1.77. The number of aryl methyl sites for hydroxylation is 1. The summed E-state index contributed by atoms with van der Waals surface area (Å²) in [7, 11) is 1.32. The summed E-state index contributed by atoms with van der Waals surface area (Å²) in [5.41, 5.74) is -0.242. The molecule has 2 heterocycles. The molecule has 2 aromatic rings. The maximum absolute atomic E-state index is 12.7. The van der Waals surface area contributed by atoms with E-state index in [1.165, 1.54) is 7.11 Å². The number of esters is 1. The van der Waals surface area contributed by atoms with Gasteiger partial charge in [-0.05, 0) is 31.2 Å². The molecule has 1 aromatic carbocycles. The number of carbonyl (C=O) groups is 2. The van der Waals surface area contributed by atoms with Crippen LogP contribution in [0.5, 0.6) is 0 Å². The fourth-order valence-corrected chi connectivity index (χ4v) is 3.36. The first-order valence-corrected chi connectivity index (χ1v) is 9.52. The number of nitrogens with zero attached hydrogens (tertiary/aromatic N) is 3. The predicted octanol–water partition coefficient (Wildman–Crippen LogP) is 2.00. The van der Waals surface area contributed by atoms with Crippen molar-refractivity contribution in [3.05, 3.63) is 35.1 Å². The third-order valence-electron chi connectivity index (χ3n) is 4.77. The van der Waals surface area contributed by atoms with Gasteiger partial charge in [0.25, 0.3) is 0 Å². The summed E-state index contributed by atoms with van der Waals surface area (Å²) in [6.07, 6.45) is 0.762. The lowest BCUT2D eigenvalue weighted by Crippen LogP contribution is -2.58. The molecule has 8 nitrogen and oxygen atoms in total. The first-order chi connectivity index (χ1) is 13.5. The Kier molecular flexibility index (Phi) is 6.31. The molecule has 0 unspecified atom stereocenters. The van der Waals surface area contributed by atoms with Crippen molar-refractivity contribution < 1.29 is 19.1 Å². The van der Waals surface area contributed by atoms with Gasteiger partial charge in [-0.1, -0.05) is 11.6 Å². The topological polar surface area (TPSA) is 95.3 Å². The minimum Gasteiger partial charge on any atom is -0.467 e. The zero-order valence-corrected chi connectivity index (χ0v) is 16.7. The average molecular weight is 407 g/mol. The van der Waals surface area contributed by atoms with Crippen LogP contribution in [0.2, 0.25) is 5.02 Å². The Hall–Kier alpha value is -2.45. The zero-order valence-electron chi connectivity index (χ0n) is 15.9. The summed E-state index contributed by atoms with van der Waals surface area (Å²) in [6.45, 7) is 3.28. The van der Waals surface area contributed by atoms with Gasteiger partial charge in [-0.25, -0.2) is 14.5 Å². The molecular weight excluding hydrogens is 384 g/mol. The van der Waals surface area contributed by atoms with Crippen molar-refractivity contribution >= 4 is 23.5 Å². The van der Waals surface area contributed by atoms with Crippen molar-refractivity contribution in [2.24, 2.45) is 0 Å². The fraction of sp³-hybridized carbons (Fsp3) is 0.474. The van der Waals surface area contributed by atoms with Gasteiger partial charge in [-0.3, -0.25) is 4.79 Å². The first-order valence-electron chi connectivity index (χ1n) is 9.14. The Labute approximate surface area is 168 Å². The Morgan fingerprint density at radius 1 is 1.29 bits per heavy atom. The largest absolute Gasteiger partial charge is 0.467 e. The van der Waals surface area contributed by atoms with Crippen molar-refractivity contribution in [1.82, 2.24) is 20.1 Å². The molecule has 0 saturated carbocycles. The van der Waals surface area contributed by atoms with Crippen molar-refractivity contribution in [1.29, 1.82) is 0 Å².